The summed E-state index contributed by atoms with van der Waals surface area (Å²) in [5, 5.41) is 9.03. The van der Waals surface area contributed by atoms with Crippen molar-refractivity contribution in [1.82, 2.24) is 0 Å². The Kier molecular flexibility index (Phi) is 16.1. The van der Waals surface area contributed by atoms with E-state index in [-0.39, 0.29) is 25.3 Å². The van der Waals surface area contributed by atoms with E-state index in [1.165, 1.54) is 25.7 Å². The van der Waals surface area contributed by atoms with Crippen LogP contribution in [-0.4, -0.2) is 37.6 Å². The molecule has 6 heteroatoms. The van der Waals surface area contributed by atoms with Crippen molar-refractivity contribution in [3.63, 3.8) is 0 Å². The molecular formula is C23H37BO5. The van der Waals surface area contributed by atoms with E-state index < -0.39 is 7.32 Å². The molecule has 0 aromatic rings. The van der Waals surface area contributed by atoms with Crippen LogP contribution in [0.1, 0.15) is 71.1 Å². The molecule has 0 saturated carbocycles. The number of carbonyl (C=O) groups is 1. The Morgan fingerprint density at radius 1 is 0.966 bits per heavy atom. The van der Waals surface area contributed by atoms with Crippen LogP contribution in [0.25, 0.3) is 0 Å². The molecule has 1 aliphatic heterocycles. The lowest BCUT2D eigenvalue weighted by molar-refractivity contribution is -0.146. The zero-order chi connectivity index (χ0) is 21.0. The number of allylic oxidation sites excluding steroid dienone is 8. The van der Waals surface area contributed by atoms with Gasteiger partial charge in [-0.15, -0.1) is 0 Å². The van der Waals surface area contributed by atoms with Gasteiger partial charge in [-0.25, -0.2) is 0 Å². The molecule has 0 unspecified atom stereocenters. The minimum atomic E-state index is -1.20. The van der Waals surface area contributed by atoms with Gasteiger partial charge in [-0.1, -0.05) is 68.4 Å². The molecule has 0 radical (unpaired) electrons. The Bertz CT molecular complexity index is 527. The maximum absolute atomic E-state index is 11.6. The van der Waals surface area contributed by atoms with E-state index in [0.717, 1.165) is 32.1 Å². The van der Waals surface area contributed by atoms with Gasteiger partial charge in [0.1, 0.15) is 12.7 Å². The molecule has 0 aromatic heterocycles. The van der Waals surface area contributed by atoms with Gasteiger partial charge in [0.15, 0.2) is 0 Å². The first-order valence-corrected chi connectivity index (χ1v) is 10.9. The second-order valence-electron chi connectivity index (χ2n) is 7.06. The Morgan fingerprint density at radius 2 is 1.55 bits per heavy atom. The number of unbranched alkanes of at least 4 members (excludes halogenated alkanes) is 4. The Balaban J connectivity index is 1.90. The van der Waals surface area contributed by atoms with E-state index in [0.29, 0.717) is 6.42 Å². The summed E-state index contributed by atoms with van der Waals surface area (Å²) in [6.07, 6.45) is 27.1. The van der Waals surface area contributed by atoms with Gasteiger partial charge in [-0.3, -0.25) is 4.79 Å². The first-order valence-electron chi connectivity index (χ1n) is 10.9. The van der Waals surface area contributed by atoms with Gasteiger partial charge in [0.05, 0.1) is 6.61 Å². The van der Waals surface area contributed by atoms with Crippen LogP contribution in [0.2, 0.25) is 0 Å². The zero-order valence-corrected chi connectivity index (χ0v) is 17.8. The summed E-state index contributed by atoms with van der Waals surface area (Å²) in [6.45, 7) is 2.60. The number of hydrogen-bond donors (Lipinski definition) is 1. The van der Waals surface area contributed by atoms with Crippen LogP contribution in [0.3, 0.4) is 0 Å². The molecule has 0 bridgehead atoms. The SMILES string of the molecule is CCCCC/C=C\C/C=C\C/C=C\C/C=C\CCCC(=O)OC[C@@H]1COB(O)O1. The average molecular weight is 404 g/mol. The first-order chi connectivity index (χ1) is 14.2. The summed E-state index contributed by atoms with van der Waals surface area (Å²) in [5.74, 6) is -0.245. The maximum atomic E-state index is 11.6. The fourth-order valence-electron chi connectivity index (χ4n) is 2.70. The number of esters is 1. The molecule has 5 nitrogen and oxygen atoms in total. The molecular weight excluding hydrogens is 367 g/mol. The van der Waals surface area contributed by atoms with Crippen LogP contribution in [0.15, 0.2) is 48.6 Å². The van der Waals surface area contributed by atoms with E-state index in [1.807, 2.05) is 0 Å². The topological polar surface area (TPSA) is 65.0 Å². The lowest BCUT2D eigenvalue weighted by Crippen LogP contribution is -2.22. The molecule has 1 N–H and O–H groups in total. The number of ether oxygens (including phenoxy) is 1. The van der Waals surface area contributed by atoms with Crippen molar-refractivity contribution < 1.29 is 23.9 Å². The van der Waals surface area contributed by atoms with Crippen molar-refractivity contribution in [1.29, 1.82) is 0 Å². The fourth-order valence-corrected chi connectivity index (χ4v) is 2.70. The smallest absolute Gasteiger partial charge is 0.463 e. The van der Waals surface area contributed by atoms with Gasteiger partial charge >= 0.3 is 13.3 Å². The van der Waals surface area contributed by atoms with Crippen LogP contribution in [0.5, 0.6) is 0 Å². The second kappa shape index (κ2) is 18.4. The van der Waals surface area contributed by atoms with E-state index in [4.69, 9.17) is 19.1 Å². The van der Waals surface area contributed by atoms with Crippen molar-refractivity contribution in [3.8, 4) is 0 Å². The minimum absolute atomic E-state index is 0.125. The predicted octanol–water partition coefficient (Wildman–Crippen LogP) is 5.07. The molecule has 162 valence electrons. The molecule has 0 spiro atoms. The highest BCUT2D eigenvalue weighted by Crippen LogP contribution is 2.08. The highest BCUT2D eigenvalue weighted by molar-refractivity contribution is 6.35. The van der Waals surface area contributed by atoms with E-state index in [9.17, 15) is 4.79 Å². The van der Waals surface area contributed by atoms with E-state index >= 15 is 0 Å². The Hall–Kier alpha value is -1.63. The highest BCUT2D eigenvalue weighted by atomic mass is 16.7. The highest BCUT2D eigenvalue weighted by Gasteiger charge is 2.31. The largest absolute Gasteiger partial charge is 0.637 e. The summed E-state index contributed by atoms with van der Waals surface area (Å²) < 4.78 is 14.9. The van der Waals surface area contributed by atoms with Crippen LogP contribution in [0.4, 0.5) is 0 Å². The maximum Gasteiger partial charge on any atom is 0.637 e. The fraction of sp³-hybridized carbons (Fsp3) is 0.609. The van der Waals surface area contributed by atoms with Gasteiger partial charge in [-0.2, -0.15) is 0 Å². The average Bonchev–Trinajstić information content (AvgIpc) is 3.14. The van der Waals surface area contributed by atoms with Gasteiger partial charge in [0.2, 0.25) is 0 Å². The molecule has 0 aromatic carbocycles. The zero-order valence-electron chi connectivity index (χ0n) is 17.8. The van der Waals surface area contributed by atoms with Crippen LogP contribution in [-0.2, 0) is 18.8 Å². The molecule has 0 aliphatic carbocycles. The monoisotopic (exact) mass is 404 g/mol. The van der Waals surface area contributed by atoms with Gasteiger partial charge in [0, 0.05) is 6.42 Å². The van der Waals surface area contributed by atoms with Crippen molar-refractivity contribution in [2.75, 3.05) is 13.2 Å². The Labute approximate surface area is 176 Å². The molecule has 0 amide bonds. The summed E-state index contributed by atoms with van der Waals surface area (Å²) in [4.78, 5) is 11.6. The van der Waals surface area contributed by atoms with Crippen LogP contribution in [0, 0.1) is 0 Å². The molecule has 1 rings (SSSR count). The first kappa shape index (κ1) is 25.4. The summed E-state index contributed by atoms with van der Waals surface area (Å²) in [5.41, 5.74) is 0. The van der Waals surface area contributed by atoms with Gasteiger partial charge in [-0.05, 0) is 44.9 Å². The number of hydrogen-bond acceptors (Lipinski definition) is 5. The molecule has 1 atom stereocenters. The third-order valence-electron chi connectivity index (χ3n) is 4.37. The summed E-state index contributed by atoms with van der Waals surface area (Å²) in [6, 6.07) is 0. The molecule has 1 heterocycles. The molecule has 29 heavy (non-hydrogen) atoms. The van der Waals surface area contributed by atoms with Gasteiger partial charge < -0.3 is 19.1 Å². The number of carbonyl (C=O) groups excluding carboxylic acids is 1. The van der Waals surface area contributed by atoms with Crippen LogP contribution < -0.4 is 0 Å². The Morgan fingerprint density at radius 3 is 2.10 bits per heavy atom. The van der Waals surface area contributed by atoms with Crippen LogP contribution >= 0.6 is 0 Å². The third kappa shape index (κ3) is 15.9. The van der Waals surface area contributed by atoms with Gasteiger partial charge in [0.25, 0.3) is 0 Å². The van der Waals surface area contributed by atoms with Crippen molar-refractivity contribution in [2.45, 2.75) is 77.2 Å². The summed E-state index contributed by atoms with van der Waals surface area (Å²) >= 11 is 0. The van der Waals surface area contributed by atoms with Crippen molar-refractivity contribution in [3.05, 3.63) is 48.6 Å². The molecule has 1 aliphatic rings. The summed E-state index contributed by atoms with van der Waals surface area (Å²) in [7, 11) is -1.20. The van der Waals surface area contributed by atoms with E-state index in [2.05, 4.69) is 55.5 Å². The molecule has 1 fully saturated rings. The lowest BCUT2D eigenvalue weighted by atomic mass is 10.2. The normalized spacial score (nSPS) is 17.6. The lowest BCUT2D eigenvalue weighted by Gasteiger charge is -2.09. The molecule has 1 saturated heterocycles. The third-order valence-corrected chi connectivity index (χ3v) is 4.37. The van der Waals surface area contributed by atoms with E-state index in [1.54, 1.807) is 0 Å². The minimum Gasteiger partial charge on any atom is -0.463 e. The number of rotatable bonds is 16. The standard InChI is InChI=1S/C23H37BO5/c1-2-3-4-5-6-7-8-9-10-11-12-13-14-15-16-17-18-19-23(25)27-20-22-21-28-24(26)29-22/h6-7,9-10,12-13,15-16,22,26H,2-5,8,11,14,17-21H2,1H3/b7-6-,10-9-,13-12-,16-15-/t22-/m1/s1. The van der Waals surface area contributed by atoms with Crippen molar-refractivity contribution >= 4 is 13.3 Å². The van der Waals surface area contributed by atoms with Crippen molar-refractivity contribution in [2.24, 2.45) is 0 Å². The second-order valence-corrected chi connectivity index (χ2v) is 7.06. The predicted molar refractivity (Wildman–Crippen MR) is 118 cm³/mol. The quantitative estimate of drug-likeness (QED) is 0.168.